The van der Waals surface area contributed by atoms with E-state index in [1.807, 2.05) is 43.3 Å². The fraction of sp³-hybridized carbons (Fsp3) is 0.341. The van der Waals surface area contributed by atoms with Crippen molar-refractivity contribution in [2.75, 3.05) is 20.2 Å². The second-order valence-corrected chi connectivity index (χ2v) is 15.0. The SMILES string of the molecule is CCCN(Cc1ccc(Oc2ccccc2)cc1)C(=O)C1C(NS(=O)(=O)C(F)(F)F)C(C(=O)OC)C1C(=O)N(CCC)Cc1ccc(Oc2ccccc2)cc1. The van der Waals surface area contributed by atoms with Crippen molar-refractivity contribution in [1.29, 1.82) is 0 Å². The lowest BCUT2D eigenvalue weighted by Gasteiger charge is -2.50. The van der Waals surface area contributed by atoms with Crippen molar-refractivity contribution in [1.82, 2.24) is 14.5 Å². The molecule has 1 aliphatic rings. The molecule has 4 aromatic carbocycles. The Hall–Kier alpha value is -5.41. The second kappa shape index (κ2) is 18.5. The molecular weight excluding hydrogens is 752 g/mol. The fourth-order valence-corrected chi connectivity index (χ4v) is 7.48. The molecule has 298 valence electrons. The first kappa shape index (κ1) is 41.7. The summed E-state index contributed by atoms with van der Waals surface area (Å²) in [5.41, 5.74) is -4.45. The lowest BCUT2D eigenvalue weighted by atomic mass is 9.59. The van der Waals surface area contributed by atoms with Crippen LogP contribution in [0.4, 0.5) is 13.2 Å². The van der Waals surface area contributed by atoms with Crippen molar-refractivity contribution in [2.45, 2.75) is 51.3 Å². The van der Waals surface area contributed by atoms with Crippen LogP contribution in [-0.2, 0) is 42.2 Å². The first-order valence-corrected chi connectivity index (χ1v) is 19.6. The molecule has 0 bridgehead atoms. The van der Waals surface area contributed by atoms with Crippen LogP contribution in [-0.4, -0.2) is 67.8 Å². The molecule has 0 heterocycles. The molecular formula is C41H44F3N3O8S. The van der Waals surface area contributed by atoms with E-state index in [-0.39, 0.29) is 26.2 Å². The van der Waals surface area contributed by atoms with Gasteiger partial charge in [-0.1, -0.05) is 74.5 Å². The van der Waals surface area contributed by atoms with Crippen molar-refractivity contribution in [3.8, 4) is 23.0 Å². The van der Waals surface area contributed by atoms with Gasteiger partial charge in [0.2, 0.25) is 11.8 Å². The van der Waals surface area contributed by atoms with Crippen LogP contribution in [0, 0.1) is 17.8 Å². The molecule has 1 saturated carbocycles. The van der Waals surface area contributed by atoms with Crippen LogP contribution in [0.15, 0.2) is 109 Å². The topological polar surface area (TPSA) is 132 Å². The number of hydrogen-bond donors (Lipinski definition) is 1. The van der Waals surface area contributed by atoms with Gasteiger partial charge in [0.15, 0.2) is 0 Å². The number of rotatable bonds is 17. The lowest BCUT2D eigenvalue weighted by molar-refractivity contribution is -0.174. The number of halogens is 3. The summed E-state index contributed by atoms with van der Waals surface area (Å²) in [4.78, 5) is 45.0. The van der Waals surface area contributed by atoms with E-state index < -0.39 is 57.1 Å². The standard InChI is InChI=1S/C41H44F3N3O8S/c1-4-24-46(26-28-16-20-32(21-17-28)54-30-12-8-6-9-13-30)38(48)34-35(37(36(34)40(50)53-3)45-56(51,52)41(42,43)44)39(49)47(25-5-2)27-29-18-22-33(23-19-29)55-31-14-10-7-11-15-31/h6-23,34-37,45H,4-5,24-27H2,1-3H3. The molecule has 0 aromatic heterocycles. The Morgan fingerprint density at radius 2 is 1.02 bits per heavy atom. The summed E-state index contributed by atoms with van der Waals surface area (Å²) in [5, 5.41) is 0. The van der Waals surface area contributed by atoms with E-state index in [0.29, 0.717) is 47.0 Å². The molecule has 11 nitrogen and oxygen atoms in total. The first-order chi connectivity index (χ1) is 26.8. The average molecular weight is 796 g/mol. The smallest absolute Gasteiger partial charge is 0.469 e. The number of amides is 2. The molecule has 56 heavy (non-hydrogen) atoms. The molecule has 5 rings (SSSR count). The molecule has 4 atom stereocenters. The second-order valence-electron chi connectivity index (χ2n) is 13.3. The van der Waals surface area contributed by atoms with Gasteiger partial charge in [-0.15, -0.1) is 0 Å². The van der Waals surface area contributed by atoms with E-state index in [2.05, 4.69) is 0 Å². The molecule has 0 radical (unpaired) electrons. The molecule has 1 aliphatic carbocycles. The third-order valence-electron chi connectivity index (χ3n) is 9.35. The summed E-state index contributed by atoms with van der Waals surface area (Å²) >= 11 is 0. The number of ether oxygens (including phenoxy) is 3. The van der Waals surface area contributed by atoms with Crippen LogP contribution in [0.25, 0.3) is 0 Å². The largest absolute Gasteiger partial charge is 0.511 e. The van der Waals surface area contributed by atoms with Gasteiger partial charge in [0, 0.05) is 32.2 Å². The molecule has 0 saturated heterocycles. The Morgan fingerprint density at radius 3 is 1.39 bits per heavy atom. The quantitative estimate of drug-likeness (QED) is 0.110. The zero-order chi connectivity index (χ0) is 40.5. The van der Waals surface area contributed by atoms with Crippen molar-refractivity contribution < 1.29 is 50.2 Å². The van der Waals surface area contributed by atoms with Gasteiger partial charge >= 0.3 is 21.5 Å². The molecule has 15 heteroatoms. The molecule has 0 spiro atoms. The normalized spacial score (nSPS) is 18.0. The Morgan fingerprint density at radius 1 is 0.625 bits per heavy atom. The van der Waals surface area contributed by atoms with E-state index >= 15 is 0 Å². The maximum Gasteiger partial charge on any atom is 0.511 e. The van der Waals surface area contributed by atoms with Crippen LogP contribution in [0.1, 0.15) is 37.8 Å². The highest BCUT2D eigenvalue weighted by atomic mass is 32.2. The number of benzene rings is 4. The number of esters is 1. The zero-order valence-electron chi connectivity index (χ0n) is 31.1. The van der Waals surface area contributed by atoms with E-state index in [1.165, 1.54) is 9.80 Å². The van der Waals surface area contributed by atoms with Gasteiger partial charge in [-0.05, 0) is 72.5 Å². The summed E-state index contributed by atoms with van der Waals surface area (Å²) < 4.78 is 84.4. The predicted molar refractivity (Wildman–Crippen MR) is 202 cm³/mol. The number of carbonyl (C=O) groups excluding carboxylic acids is 3. The minimum atomic E-state index is -6.06. The van der Waals surface area contributed by atoms with E-state index in [1.54, 1.807) is 84.4 Å². The number of hydrogen-bond acceptors (Lipinski definition) is 8. The Bertz CT molecular complexity index is 2030. The van der Waals surface area contributed by atoms with Gasteiger partial charge < -0.3 is 24.0 Å². The Balaban J connectivity index is 1.44. The van der Waals surface area contributed by atoms with Crippen LogP contribution in [0.5, 0.6) is 23.0 Å². The maximum atomic E-state index is 14.5. The van der Waals surface area contributed by atoms with Gasteiger partial charge in [0.1, 0.15) is 23.0 Å². The molecule has 1 fully saturated rings. The molecule has 0 aliphatic heterocycles. The van der Waals surface area contributed by atoms with E-state index in [0.717, 1.165) is 7.11 Å². The molecule has 4 unspecified atom stereocenters. The number of sulfonamides is 1. The number of carbonyl (C=O) groups is 3. The summed E-state index contributed by atoms with van der Waals surface area (Å²) in [7, 11) is -5.08. The first-order valence-electron chi connectivity index (χ1n) is 18.1. The van der Waals surface area contributed by atoms with Crippen LogP contribution < -0.4 is 14.2 Å². The number of para-hydroxylation sites is 2. The third-order valence-corrected chi connectivity index (χ3v) is 10.5. The average Bonchev–Trinajstić information content (AvgIpc) is 3.17. The van der Waals surface area contributed by atoms with E-state index in [9.17, 15) is 36.0 Å². The Labute approximate surface area is 324 Å². The fourth-order valence-electron chi connectivity index (χ4n) is 6.70. The minimum Gasteiger partial charge on any atom is -0.469 e. The van der Waals surface area contributed by atoms with Crippen molar-refractivity contribution >= 4 is 27.8 Å². The highest BCUT2D eigenvalue weighted by Crippen LogP contribution is 2.46. The van der Waals surface area contributed by atoms with Crippen LogP contribution >= 0.6 is 0 Å². The number of alkyl halides is 3. The molecule has 2 amide bonds. The zero-order valence-corrected chi connectivity index (χ0v) is 32.0. The Kier molecular flexibility index (Phi) is 13.8. The lowest BCUT2D eigenvalue weighted by Crippen LogP contribution is -2.70. The molecule has 1 N–H and O–H groups in total. The summed E-state index contributed by atoms with van der Waals surface area (Å²) in [5.74, 6) is -5.25. The van der Waals surface area contributed by atoms with Gasteiger partial charge in [0.05, 0.1) is 24.9 Å². The van der Waals surface area contributed by atoms with Gasteiger partial charge in [-0.2, -0.15) is 13.2 Å². The maximum absolute atomic E-state index is 14.5. The number of methoxy groups -OCH3 is 1. The number of nitrogens with one attached hydrogen (secondary N) is 1. The summed E-state index contributed by atoms with van der Waals surface area (Å²) in [6, 6.07) is 30.0. The third kappa shape index (κ3) is 10.1. The minimum absolute atomic E-state index is 0.0204. The highest BCUT2D eigenvalue weighted by Gasteiger charge is 2.65. The van der Waals surface area contributed by atoms with Crippen molar-refractivity contribution in [3.05, 3.63) is 120 Å². The van der Waals surface area contributed by atoms with Crippen molar-refractivity contribution in [2.24, 2.45) is 17.8 Å². The van der Waals surface area contributed by atoms with Gasteiger partial charge in [0.25, 0.3) is 0 Å². The van der Waals surface area contributed by atoms with E-state index in [4.69, 9.17) is 14.2 Å². The van der Waals surface area contributed by atoms with Crippen LogP contribution in [0.3, 0.4) is 0 Å². The predicted octanol–water partition coefficient (Wildman–Crippen LogP) is 7.29. The molecule has 4 aromatic rings. The van der Waals surface area contributed by atoms with Gasteiger partial charge in [-0.25, -0.2) is 13.1 Å². The van der Waals surface area contributed by atoms with Crippen molar-refractivity contribution in [3.63, 3.8) is 0 Å². The highest BCUT2D eigenvalue weighted by molar-refractivity contribution is 7.90. The van der Waals surface area contributed by atoms with Gasteiger partial charge in [-0.3, -0.25) is 14.4 Å². The van der Waals surface area contributed by atoms with Crippen LogP contribution in [0.2, 0.25) is 0 Å². The monoisotopic (exact) mass is 795 g/mol. The summed E-state index contributed by atoms with van der Waals surface area (Å²) in [6.07, 6.45) is 0.892. The number of nitrogens with zero attached hydrogens (tertiary/aromatic N) is 2. The summed E-state index contributed by atoms with van der Waals surface area (Å²) in [6.45, 7) is 3.90.